The van der Waals surface area contributed by atoms with Crippen LogP contribution in [0.2, 0.25) is 5.02 Å². The number of aryl methyl sites for hydroxylation is 2. The molecule has 0 radical (unpaired) electrons. The number of imidazole rings is 1. The van der Waals surface area contributed by atoms with Crippen molar-refractivity contribution in [1.82, 2.24) is 9.55 Å². The van der Waals surface area contributed by atoms with Gasteiger partial charge in [0.25, 0.3) is 0 Å². The second-order valence-electron chi connectivity index (χ2n) is 3.86. The Labute approximate surface area is 106 Å². The predicted molar refractivity (Wildman–Crippen MR) is 68.6 cm³/mol. The summed E-state index contributed by atoms with van der Waals surface area (Å²) >= 11 is 5.98. The molecule has 90 valence electrons. The van der Waals surface area contributed by atoms with E-state index in [2.05, 4.69) is 9.55 Å². The second-order valence-corrected chi connectivity index (χ2v) is 4.30. The highest BCUT2D eigenvalue weighted by atomic mass is 35.5. The van der Waals surface area contributed by atoms with Gasteiger partial charge in [0.2, 0.25) is 0 Å². The van der Waals surface area contributed by atoms with Crippen molar-refractivity contribution in [1.29, 1.82) is 0 Å². The Balaban J connectivity index is 1.96. The lowest BCUT2D eigenvalue weighted by molar-refractivity contribution is 0.408. The minimum atomic E-state index is 0.753. The van der Waals surface area contributed by atoms with Gasteiger partial charge in [0, 0.05) is 24.0 Å². The third kappa shape index (κ3) is 3.24. The van der Waals surface area contributed by atoms with Crippen LogP contribution in [0.25, 0.3) is 0 Å². The van der Waals surface area contributed by atoms with E-state index in [4.69, 9.17) is 16.3 Å². The molecule has 0 saturated heterocycles. The van der Waals surface area contributed by atoms with Crippen molar-refractivity contribution in [3.05, 3.63) is 47.5 Å². The van der Waals surface area contributed by atoms with Crippen molar-refractivity contribution >= 4 is 11.6 Å². The number of aromatic nitrogens is 2. The van der Waals surface area contributed by atoms with Crippen molar-refractivity contribution in [2.45, 2.75) is 19.4 Å². The summed E-state index contributed by atoms with van der Waals surface area (Å²) in [6, 6.07) is 5.73. The maximum Gasteiger partial charge on any atom is 0.122 e. The van der Waals surface area contributed by atoms with Crippen LogP contribution in [0, 0.1) is 0 Å². The molecule has 0 aliphatic heterocycles. The molecule has 4 heteroatoms. The summed E-state index contributed by atoms with van der Waals surface area (Å²) in [5, 5.41) is 0.753. The number of hydrogen-bond donors (Lipinski definition) is 0. The number of hydrogen-bond acceptors (Lipinski definition) is 2. The third-order valence-corrected chi connectivity index (χ3v) is 2.90. The van der Waals surface area contributed by atoms with Crippen LogP contribution in [0.1, 0.15) is 12.0 Å². The van der Waals surface area contributed by atoms with Gasteiger partial charge in [0.1, 0.15) is 5.75 Å². The zero-order valence-electron chi connectivity index (χ0n) is 9.77. The van der Waals surface area contributed by atoms with E-state index in [9.17, 15) is 0 Å². The summed E-state index contributed by atoms with van der Waals surface area (Å²) in [4.78, 5) is 4.01. The molecule has 1 aromatic carbocycles. The van der Waals surface area contributed by atoms with Gasteiger partial charge in [-0.25, -0.2) is 4.98 Å². The van der Waals surface area contributed by atoms with Crippen LogP contribution in [0.15, 0.2) is 36.9 Å². The number of nitrogens with zero attached hydrogens (tertiary/aromatic N) is 2. The standard InChI is InChI=1S/C13H15ClN2O/c1-17-13-5-4-12(14)9-11(13)3-2-7-16-8-6-15-10-16/h4-6,8-10H,2-3,7H2,1H3. The van der Waals surface area contributed by atoms with Crippen LogP contribution in [0.4, 0.5) is 0 Å². The van der Waals surface area contributed by atoms with Gasteiger partial charge < -0.3 is 9.30 Å². The number of halogens is 1. The molecular formula is C13H15ClN2O. The molecule has 1 heterocycles. The van der Waals surface area contributed by atoms with Gasteiger partial charge in [-0.05, 0) is 36.6 Å². The molecule has 0 amide bonds. The first-order chi connectivity index (χ1) is 8.29. The Bertz CT molecular complexity index is 468. The molecule has 0 fully saturated rings. The lowest BCUT2D eigenvalue weighted by Crippen LogP contribution is -1.98. The summed E-state index contributed by atoms with van der Waals surface area (Å²) in [6.07, 6.45) is 7.57. The maximum absolute atomic E-state index is 5.98. The fourth-order valence-electron chi connectivity index (χ4n) is 1.81. The molecule has 17 heavy (non-hydrogen) atoms. The number of methoxy groups -OCH3 is 1. The first-order valence-electron chi connectivity index (χ1n) is 5.58. The summed E-state index contributed by atoms with van der Waals surface area (Å²) in [6.45, 7) is 0.954. The number of benzene rings is 1. The van der Waals surface area contributed by atoms with Crippen molar-refractivity contribution < 1.29 is 4.74 Å². The van der Waals surface area contributed by atoms with Crippen LogP contribution in [0.5, 0.6) is 5.75 Å². The predicted octanol–water partition coefficient (Wildman–Crippen LogP) is 3.18. The summed E-state index contributed by atoms with van der Waals surface area (Å²) < 4.78 is 7.38. The Morgan fingerprint density at radius 3 is 3.00 bits per heavy atom. The third-order valence-electron chi connectivity index (χ3n) is 2.66. The molecule has 0 aliphatic carbocycles. The zero-order chi connectivity index (χ0) is 12.1. The van der Waals surface area contributed by atoms with Gasteiger partial charge in [0.05, 0.1) is 13.4 Å². The SMILES string of the molecule is COc1ccc(Cl)cc1CCCn1ccnc1. The fraction of sp³-hybridized carbons (Fsp3) is 0.308. The molecule has 1 aromatic heterocycles. The lowest BCUT2D eigenvalue weighted by atomic mass is 10.1. The van der Waals surface area contributed by atoms with E-state index >= 15 is 0 Å². The average molecular weight is 251 g/mol. The Kier molecular flexibility index (Phi) is 4.04. The second kappa shape index (κ2) is 5.73. The molecule has 0 saturated carbocycles. The maximum atomic E-state index is 5.98. The zero-order valence-corrected chi connectivity index (χ0v) is 10.5. The van der Waals surface area contributed by atoms with Crippen LogP contribution in [-0.2, 0) is 13.0 Å². The molecule has 0 spiro atoms. The minimum Gasteiger partial charge on any atom is -0.496 e. The molecule has 2 rings (SSSR count). The highest BCUT2D eigenvalue weighted by molar-refractivity contribution is 6.30. The number of ether oxygens (including phenoxy) is 1. The Hall–Kier alpha value is -1.48. The van der Waals surface area contributed by atoms with E-state index in [1.54, 1.807) is 13.3 Å². The van der Waals surface area contributed by atoms with Crippen molar-refractivity contribution in [3.8, 4) is 5.75 Å². The number of rotatable bonds is 5. The highest BCUT2D eigenvalue weighted by Crippen LogP contribution is 2.23. The average Bonchev–Trinajstić information content (AvgIpc) is 2.82. The first-order valence-corrected chi connectivity index (χ1v) is 5.95. The van der Waals surface area contributed by atoms with Crippen molar-refractivity contribution in [2.75, 3.05) is 7.11 Å². The van der Waals surface area contributed by atoms with Gasteiger partial charge in [-0.3, -0.25) is 0 Å². The monoisotopic (exact) mass is 250 g/mol. The van der Waals surface area contributed by atoms with Gasteiger partial charge in [-0.2, -0.15) is 0 Å². The molecule has 2 aromatic rings. The van der Waals surface area contributed by atoms with Crippen molar-refractivity contribution in [3.63, 3.8) is 0 Å². The smallest absolute Gasteiger partial charge is 0.122 e. The topological polar surface area (TPSA) is 27.1 Å². The van der Waals surface area contributed by atoms with Crippen LogP contribution in [0.3, 0.4) is 0 Å². The Morgan fingerprint density at radius 2 is 2.29 bits per heavy atom. The van der Waals surface area contributed by atoms with Gasteiger partial charge in [-0.1, -0.05) is 11.6 Å². The van der Waals surface area contributed by atoms with Gasteiger partial charge in [0.15, 0.2) is 0 Å². The van der Waals surface area contributed by atoms with Gasteiger partial charge >= 0.3 is 0 Å². The van der Waals surface area contributed by atoms with Crippen LogP contribution in [-0.4, -0.2) is 16.7 Å². The molecule has 0 aliphatic rings. The summed E-state index contributed by atoms with van der Waals surface area (Å²) in [7, 11) is 1.68. The minimum absolute atomic E-state index is 0.753. The van der Waals surface area contributed by atoms with E-state index in [0.717, 1.165) is 35.7 Å². The molecule has 0 unspecified atom stereocenters. The molecular weight excluding hydrogens is 236 g/mol. The van der Waals surface area contributed by atoms with Crippen LogP contribution < -0.4 is 4.74 Å². The summed E-state index contributed by atoms with van der Waals surface area (Å²) in [5.74, 6) is 0.903. The summed E-state index contributed by atoms with van der Waals surface area (Å²) in [5.41, 5.74) is 1.15. The molecule has 0 N–H and O–H groups in total. The van der Waals surface area contributed by atoms with E-state index in [0.29, 0.717) is 0 Å². The fourth-order valence-corrected chi connectivity index (χ4v) is 2.01. The van der Waals surface area contributed by atoms with Gasteiger partial charge in [-0.15, -0.1) is 0 Å². The van der Waals surface area contributed by atoms with E-state index in [1.165, 1.54) is 0 Å². The Morgan fingerprint density at radius 1 is 1.41 bits per heavy atom. The van der Waals surface area contributed by atoms with E-state index in [-0.39, 0.29) is 0 Å². The normalized spacial score (nSPS) is 10.5. The molecule has 0 atom stereocenters. The largest absolute Gasteiger partial charge is 0.496 e. The quantitative estimate of drug-likeness (QED) is 0.815. The lowest BCUT2D eigenvalue weighted by Gasteiger charge is -2.09. The van der Waals surface area contributed by atoms with Crippen molar-refractivity contribution in [2.24, 2.45) is 0 Å². The highest BCUT2D eigenvalue weighted by Gasteiger charge is 2.03. The van der Waals surface area contributed by atoms with Crippen LogP contribution >= 0.6 is 11.6 Å². The van der Waals surface area contributed by atoms with E-state index < -0.39 is 0 Å². The molecule has 0 bridgehead atoms. The molecule has 3 nitrogen and oxygen atoms in total. The van der Waals surface area contributed by atoms with E-state index in [1.807, 2.05) is 30.7 Å². The first kappa shape index (κ1) is 12.0.